The number of hydrogen-bond acceptors (Lipinski definition) is 3. The van der Waals surface area contributed by atoms with Crippen LogP contribution in [-0.4, -0.2) is 37.7 Å². The number of nitrogens with zero attached hydrogens (tertiary/aromatic N) is 1. The van der Waals surface area contributed by atoms with Crippen molar-refractivity contribution in [2.75, 3.05) is 13.3 Å². The number of aromatic nitrogens is 1. The summed E-state index contributed by atoms with van der Waals surface area (Å²) in [4.78, 5) is 26.2. The Morgan fingerprint density at radius 2 is 1.77 bits per heavy atom. The number of nitrogens with one attached hydrogen (secondary N) is 1. The van der Waals surface area contributed by atoms with Crippen molar-refractivity contribution in [3.8, 4) is 5.75 Å². The molecule has 5 nitrogen and oxygen atoms in total. The molecule has 164 valence electrons. The molecule has 8 heteroatoms. The molecule has 0 saturated heterocycles. The van der Waals surface area contributed by atoms with Crippen molar-refractivity contribution in [2.24, 2.45) is 0 Å². The van der Waals surface area contributed by atoms with Gasteiger partial charge in [-0.05, 0) is 71.5 Å². The lowest BCUT2D eigenvalue weighted by Crippen LogP contribution is -2.40. The van der Waals surface area contributed by atoms with Crippen molar-refractivity contribution in [1.29, 1.82) is 0 Å². The van der Waals surface area contributed by atoms with Crippen molar-refractivity contribution < 1.29 is 14.3 Å². The molecular formula is C23H26ClIN2O3Si. The van der Waals surface area contributed by atoms with Crippen LogP contribution < -0.4 is 10.1 Å². The summed E-state index contributed by atoms with van der Waals surface area (Å²) in [6.45, 7) is 8.52. The smallest absolute Gasteiger partial charge is 0.262 e. The van der Waals surface area contributed by atoms with Gasteiger partial charge in [-0.25, -0.2) is 0 Å². The standard InChI is InChI=1S/C23H26ClIN2O3Si/c1-14-17(12-20(28)26-13-31(3,4)5)21-18(10-11-19(30-2)22(21)25)27(14)23(29)15-6-8-16(24)9-7-15/h6-11H,12-13H2,1-5H3,(H,26,28). The molecule has 31 heavy (non-hydrogen) atoms. The zero-order chi connectivity index (χ0) is 22.9. The van der Waals surface area contributed by atoms with Crippen molar-refractivity contribution in [1.82, 2.24) is 9.88 Å². The summed E-state index contributed by atoms with van der Waals surface area (Å²) in [5.74, 6) is 0.518. The van der Waals surface area contributed by atoms with Crippen LogP contribution in [0.5, 0.6) is 5.75 Å². The first kappa shape index (κ1) is 23.8. The minimum absolute atomic E-state index is 0.0397. The fraction of sp³-hybridized carbons (Fsp3) is 0.304. The van der Waals surface area contributed by atoms with Crippen LogP contribution in [0.3, 0.4) is 0 Å². The second-order valence-corrected chi connectivity index (χ2v) is 15.7. The van der Waals surface area contributed by atoms with E-state index in [1.165, 1.54) is 0 Å². The molecule has 1 aromatic heterocycles. The van der Waals surface area contributed by atoms with Crippen LogP contribution in [0.2, 0.25) is 24.7 Å². The number of carbonyl (C=O) groups excluding carboxylic acids is 2. The van der Waals surface area contributed by atoms with E-state index in [1.54, 1.807) is 35.9 Å². The molecule has 0 spiro atoms. The summed E-state index contributed by atoms with van der Waals surface area (Å²) in [5, 5.41) is 4.52. The maximum Gasteiger partial charge on any atom is 0.262 e. The minimum Gasteiger partial charge on any atom is -0.496 e. The largest absolute Gasteiger partial charge is 0.496 e. The molecule has 0 aliphatic rings. The van der Waals surface area contributed by atoms with Gasteiger partial charge in [-0.3, -0.25) is 14.2 Å². The van der Waals surface area contributed by atoms with Crippen molar-refractivity contribution in [3.63, 3.8) is 0 Å². The summed E-state index contributed by atoms with van der Waals surface area (Å²) in [7, 11) is 0.202. The van der Waals surface area contributed by atoms with E-state index in [9.17, 15) is 9.59 Å². The Bertz CT molecular complexity index is 1150. The van der Waals surface area contributed by atoms with Crippen LogP contribution in [0.1, 0.15) is 21.6 Å². The fourth-order valence-electron chi connectivity index (χ4n) is 3.46. The zero-order valence-corrected chi connectivity index (χ0v) is 22.2. The van der Waals surface area contributed by atoms with E-state index in [2.05, 4.69) is 47.5 Å². The Hall–Kier alpha value is -1.84. The number of benzene rings is 2. The van der Waals surface area contributed by atoms with Crippen LogP contribution in [0, 0.1) is 10.5 Å². The first-order valence-corrected chi connectivity index (χ1v) is 15.1. The molecular weight excluding hydrogens is 543 g/mol. The van der Waals surface area contributed by atoms with Gasteiger partial charge in [0.1, 0.15) is 5.75 Å². The van der Waals surface area contributed by atoms with Gasteiger partial charge in [0.15, 0.2) is 0 Å². The summed E-state index contributed by atoms with van der Waals surface area (Å²) in [6, 6.07) is 10.6. The minimum atomic E-state index is -1.42. The van der Waals surface area contributed by atoms with Gasteiger partial charge in [0, 0.05) is 27.8 Å². The third-order valence-electron chi connectivity index (χ3n) is 5.07. The zero-order valence-electron chi connectivity index (χ0n) is 18.3. The van der Waals surface area contributed by atoms with E-state index in [4.69, 9.17) is 16.3 Å². The number of hydrogen-bond donors (Lipinski definition) is 1. The topological polar surface area (TPSA) is 60.3 Å². The summed E-state index contributed by atoms with van der Waals surface area (Å²) in [6.07, 6.45) is 0.921. The number of amides is 1. The molecule has 3 aromatic rings. The highest BCUT2D eigenvalue weighted by atomic mass is 127. The quantitative estimate of drug-likeness (QED) is 0.318. The monoisotopic (exact) mass is 568 g/mol. The maximum absolute atomic E-state index is 13.4. The van der Waals surface area contributed by atoms with E-state index >= 15 is 0 Å². The van der Waals surface area contributed by atoms with Gasteiger partial charge >= 0.3 is 0 Å². The molecule has 3 rings (SSSR count). The lowest BCUT2D eigenvalue weighted by molar-refractivity contribution is -0.120. The predicted molar refractivity (Wildman–Crippen MR) is 137 cm³/mol. The first-order valence-electron chi connectivity index (χ1n) is 9.97. The SMILES string of the molecule is COc1ccc2c(c1I)c(CC(=O)NC[Si](C)(C)C)c(C)n2C(=O)c1ccc(Cl)cc1. The lowest BCUT2D eigenvalue weighted by Gasteiger charge is -2.16. The van der Waals surface area contributed by atoms with Gasteiger partial charge in [-0.2, -0.15) is 0 Å². The fourth-order valence-corrected chi connectivity index (χ4v) is 5.32. The van der Waals surface area contributed by atoms with E-state index in [0.29, 0.717) is 22.5 Å². The molecule has 0 unspecified atom stereocenters. The molecule has 0 aliphatic heterocycles. The Balaban J connectivity index is 2.12. The second-order valence-electron chi connectivity index (χ2n) is 8.70. The molecule has 2 aromatic carbocycles. The number of halogens is 2. The Morgan fingerprint density at radius 1 is 1.13 bits per heavy atom. The highest BCUT2D eigenvalue weighted by Gasteiger charge is 2.25. The van der Waals surface area contributed by atoms with Gasteiger partial charge in [-0.1, -0.05) is 31.2 Å². The first-order chi connectivity index (χ1) is 14.5. The normalized spacial score (nSPS) is 11.6. The van der Waals surface area contributed by atoms with Gasteiger partial charge in [0.2, 0.25) is 5.91 Å². The van der Waals surface area contributed by atoms with Crippen LogP contribution >= 0.6 is 34.2 Å². The van der Waals surface area contributed by atoms with Gasteiger partial charge in [-0.15, -0.1) is 0 Å². The van der Waals surface area contributed by atoms with Crippen molar-refractivity contribution >= 4 is 65.0 Å². The Labute approximate surface area is 202 Å². The Morgan fingerprint density at radius 3 is 2.35 bits per heavy atom. The van der Waals surface area contributed by atoms with E-state index in [-0.39, 0.29) is 18.2 Å². The number of fused-ring (bicyclic) bond motifs is 1. The summed E-state index contributed by atoms with van der Waals surface area (Å²) in [5.41, 5.74) is 2.89. The van der Waals surface area contributed by atoms with Gasteiger partial charge in [0.05, 0.1) is 30.7 Å². The molecule has 0 bridgehead atoms. The van der Waals surface area contributed by atoms with Gasteiger partial charge < -0.3 is 10.1 Å². The van der Waals surface area contributed by atoms with Gasteiger partial charge in [0.25, 0.3) is 5.91 Å². The second kappa shape index (κ2) is 9.34. The Kier molecular flexibility index (Phi) is 7.17. The summed E-state index contributed by atoms with van der Waals surface area (Å²) < 4.78 is 8.07. The van der Waals surface area contributed by atoms with Crippen LogP contribution in [0.15, 0.2) is 36.4 Å². The molecule has 0 atom stereocenters. The number of carbonyl (C=O) groups is 2. The maximum atomic E-state index is 13.4. The van der Waals surface area contributed by atoms with Crippen molar-refractivity contribution in [3.05, 3.63) is 61.8 Å². The third-order valence-corrected chi connectivity index (χ3v) is 7.63. The van der Waals surface area contributed by atoms with E-state index in [0.717, 1.165) is 25.7 Å². The number of ether oxygens (including phenoxy) is 1. The van der Waals surface area contributed by atoms with Crippen LogP contribution in [0.4, 0.5) is 0 Å². The number of methoxy groups -OCH3 is 1. The highest BCUT2D eigenvalue weighted by Crippen LogP contribution is 2.36. The number of rotatable bonds is 6. The lowest BCUT2D eigenvalue weighted by atomic mass is 10.1. The van der Waals surface area contributed by atoms with Crippen molar-refractivity contribution in [2.45, 2.75) is 33.0 Å². The molecule has 0 saturated carbocycles. The molecule has 0 fully saturated rings. The van der Waals surface area contributed by atoms with E-state index < -0.39 is 8.07 Å². The molecule has 0 aliphatic carbocycles. The summed E-state index contributed by atoms with van der Waals surface area (Å²) >= 11 is 8.22. The van der Waals surface area contributed by atoms with E-state index in [1.807, 2.05) is 19.1 Å². The third kappa shape index (κ3) is 5.15. The van der Waals surface area contributed by atoms with Crippen LogP contribution in [0.25, 0.3) is 10.9 Å². The molecule has 1 N–H and O–H groups in total. The average Bonchev–Trinajstić information content (AvgIpc) is 2.98. The predicted octanol–water partition coefficient (Wildman–Crippen LogP) is 5.44. The molecule has 1 amide bonds. The highest BCUT2D eigenvalue weighted by molar-refractivity contribution is 14.1. The van der Waals surface area contributed by atoms with Crippen LogP contribution in [-0.2, 0) is 11.2 Å². The molecule has 1 heterocycles. The molecule has 0 radical (unpaired) electrons. The average molecular weight is 569 g/mol.